The second-order valence-electron chi connectivity index (χ2n) is 6.28. The monoisotopic (exact) mass is 412 g/mol. The molecule has 1 saturated heterocycles. The van der Waals surface area contributed by atoms with Crippen molar-refractivity contribution in [2.45, 2.75) is 19.1 Å². The van der Waals surface area contributed by atoms with E-state index in [4.69, 9.17) is 10.5 Å². The van der Waals surface area contributed by atoms with Gasteiger partial charge < -0.3 is 15.8 Å². The highest BCUT2D eigenvalue weighted by molar-refractivity contribution is 5.85. The number of morpholine rings is 1. The molecule has 2 heterocycles. The molecule has 2 aromatic rings. The number of halogens is 2. The topological polar surface area (TPSA) is 80.5 Å². The summed E-state index contributed by atoms with van der Waals surface area (Å²) in [6.07, 6.45) is 1.83. The lowest BCUT2D eigenvalue weighted by Crippen LogP contribution is -2.47. The van der Waals surface area contributed by atoms with Gasteiger partial charge in [0.15, 0.2) is 0 Å². The fraction of sp³-hybridized carbons (Fsp3) is 0.368. The predicted molar refractivity (Wildman–Crippen MR) is 111 cm³/mol. The average Bonchev–Trinajstić information content (AvgIpc) is 2.63. The highest BCUT2D eigenvalue weighted by Gasteiger charge is 2.21. The molecule has 1 unspecified atom stereocenters. The molecule has 0 radical (unpaired) electrons. The Labute approximate surface area is 172 Å². The van der Waals surface area contributed by atoms with Gasteiger partial charge in [0.2, 0.25) is 5.91 Å². The number of carbonyl (C=O) groups is 1. The van der Waals surface area contributed by atoms with Crippen LogP contribution in [0.4, 0.5) is 5.69 Å². The standard InChI is InChI=1S/C19H24N4O2.2ClH/c20-16-6-7-17(21-11-16)10-19(24)22-12-18-14-23(8-9-25-18)13-15-4-2-1-3-5-15;;/h1-7,11,18H,8-10,12-14,20H2,(H,22,24);2*1H. The lowest BCUT2D eigenvalue weighted by molar-refractivity contribution is -0.121. The van der Waals surface area contributed by atoms with Crippen LogP contribution in [0.5, 0.6) is 0 Å². The molecule has 0 aliphatic carbocycles. The van der Waals surface area contributed by atoms with Crippen molar-refractivity contribution >= 4 is 36.4 Å². The summed E-state index contributed by atoms with van der Waals surface area (Å²) in [4.78, 5) is 18.6. The Bertz CT molecular complexity index is 686. The van der Waals surface area contributed by atoms with Crippen molar-refractivity contribution in [2.75, 3.05) is 32.0 Å². The van der Waals surface area contributed by atoms with Gasteiger partial charge in [0, 0.05) is 31.9 Å². The fourth-order valence-electron chi connectivity index (χ4n) is 2.88. The molecule has 8 heteroatoms. The Balaban J connectivity index is 0.00000182. The minimum absolute atomic E-state index is 0. The number of hydrogen-bond acceptors (Lipinski definition) is 5. The van der Waals surface area contributed by atoms with E-state index in [1.54, 1.807) is 18.3 Å². The van der Waals surface area contributed by atoms with E-state index >= 15 is 0 Å². The quantitative estimate of drug-likeness (QED) is 0.758. The summed E-state index contributed by atoms with van der Waals surface area (Å²) in [5.41, 5.74) is 8.20. The van der Waals surface area contributed by atoms with Gasteiger partial charge in [-0.1, -0.05) is 30.3 Å². The molecular weight excluding hydrogens is 387 g/mol. The molecule has 1 aromatic carbocycles. The van der Waals surface area contributed by atoms with Crippen molar-refractivity contribution in [1.29, 1.82) is 0 Å². The van der Waals surface area contributed by atoms with Crippen LogP contribution in [-0.2, 0) is 22.5 Å². The average molecular weight is 413 g/mol. The molecule has 1 aromatic heterocycles. The number of carbonyl (C=O) groups excluding carboxylic acids is 1. The van der Waals surface area contributed by atoms with Crippen LogP contribution < -0.4 is 11.1 Å². The van der Waals surface area contributed by atoms with Crippen LogP contribution in [-0.4, -0.2) is 48.1 Å². The lowest BCUT2D eigenvalue weighted by Gasteiger charge is -2.33. The van der Waals surface area contributed by atoms with Gasteiger partial charge in [-0.2, -0.15) is 0 Å². The van der Waals surface area contributed by atoms with Gasteiger partial charge in [-0.3, -0.25) is 14.7 Å². The van der Waals surface area contributed by atoms with Gasteiger partial charge in [0.1, 0.15) is 0 Å². The zero-order valence-electron chi connectivity index (χ0n) is 15.0. The van der Waals surface area contributed by atoms with Crippen LogP contribution in [0.3, 0.4) is 0 Å². The first-order valence-corrected chi connectivity index (χ1v) is 8.54. The van der Waals surface area contributed by atoms with Crippen LogP contribution >= 0.6 is 24.8 Å². The van der Waals surface area contributed by atoms with Crippen LogP contribution in [0.25, 0.3) is 0 Å². The summed E-state index contributed by atoms with van der Waals surface area (Å²) in [5, 5.41) is 2.94. The van der Waals surface area contributed by atoms with E-state index in [1.165, 1.54) is 5.56 Å². The summed E-state index contributed by atoms with van der Waals surface area (Å²) in [5.74, 6) is -0.0546. The first-order chi connectivity index (χ1) is 12.2. The van der Waals surface area contributed by atoms with Gasteiger partial charge in [-0.15, -0.1) is 24.8 Å². The third-order valence-electron chi connectivity index (χ3n) is 4.19. The molecular formula is C19H26Cl2N4O2. The molecule has 148 valence electrons. The maximum absolute atomic E-state index is 12.1. The van der Waals surface area contributed by atoms with Crippen LogP contribution in [0, 0.1) is 0 Å². The number of pyridine rings is 1. The highest BCUT2D eigenvalue weighted by atomic mass is 35.5. The molecule has 1 atom stereocenters. The SMILES string of the molecule is Cl.Cl.Nc1ccc(CC(=O)NCC2CN(Cc3ccccc3)CCO2)nc1. The Kier molecular flexibility index (Phi) is 10.1. The largest absolute Gasteiger partial charge is 0.397 e. The van der Waals surface area contributed by atoms with E-state index in [1.807, 2.05) is 6.07 Å². The number of nitrogen functional groups attached to an aromatic ring is 1. The number of hydrogen-bond donors (Lipinski definition) is 2. The van der Waals surface area contributed by atoms with E-state index in [2.05, 4.69) is 39.5 Å². The maximum atomic E-state index is 12.1. The minimum Gasteiger partial charge on any atom is -0.397 e. The van der Waals surface area contributed by atoms with Gasteiger partial charge in [0.05, 0.1) is 31.0 Å². The van der Waals surface area contributed by atoms with Crippen molar-refractivity contribution < 1.29 is 9.53 Å². The summed E-state index contributed by atoms with van der Waals surface area (Å²) in [6.45, 7) is 3.83. The second-order valence-corrected chi connectivity index (χ2v) is 6.28. The number of aromatic nitrogens is 1. The van der Waals surface area contributed by atoms with Gasteiger partial charge in [0.25, 0.3) is 0 Å². The molecule has 1 aliphatic heterocycles. The predicted octanol–water partition coefficient (Wildman–Crippen LogP) is 2.07. The Morgan fingerprint density at radius 1 is 1.22 bits per heavy atom. The van der Waals surface area contributed by atoms with Gasteiger partial charge in [-0.25, -0.2) is 0 Å². The maximum Gasteiger partial charge on any atom is 0.226 e. The number of benzene rings is 1. The van der Waals surface area contributed by atoms with E-state index < -0.39 is 0 Å². The first-order valence-electron chi connectivity index (χ1n) is 8.54. The molecule has 0 spiro atoms. The van der Waals surface area contributed by atoms with E-state index in [-0.39, 0.29) is 43.2 Å². The van der Waals surface area contributed by atoms with E-state index in [0.29, 0.717) is 24.5 Å². The number of nitrogens with one attached hydrogen (secondary N) is 1. The van der Waals surface area contributed by atoms with Gasteiger partial charge >= 0.3 is 0 Å². The summed E-state index contributed by atoms with van der Waals surface area (Å²) >= 11 is 0. The Morgan fingerprint density at radius 2 is 2.00 bits per heavy atom. The van der Waals surface area contributed by atoms with Crippen LogP contribution in [0.2, 0.25) is 0 Å². The van der Waals surface area contributed by atoms with E-state index in [9.17, 15) is 4.79 Å². The molecule has 1 amide bonds. The number of ether oxygens (including phenoxy) is 1. The smallest absolute Gasteiger partial charge is 0.226 e. The Morgan fingerprint density at radius 3 is 2.70 bits per heavy atom. The van der Waals surface area contributed by atoms with Crippen LogP contribution in [0.15, 0.2) is 48.7 Å². The zero-order valence-corrected chi connectivity index (χ0v) is 16.7. The third-order valence-corrected chi connectivity index (χ3v) is 4.19. The number of nitrogens with two attached hydrogens (primary N) is 1. The fourth-order valence-corrected chi connectivity index (χ4v) is 2.88. The molecule has 1 fully saturated rings. The third kappa shape index (κ3) is 7.72. The highest BCUT2D eigenvalue weighted by Crippen LogP contribution is 2.10. The molecule has 0 bridgehead atoms. The minimum atomic E-state index is -0.0546. The number of amides is 1. The molecule has 3 N–H and O–H groups in total. The molecule has 6 nitrogen and oxygen atoms in total. The normalized spacial score (nSPS) is 16.7. The second kappa shape index (κ2) is 11.8. The summed E-state index contributed by atoms with van der Waals surface area (Å²) in [7, 11) is 0. The number of rotatable bonds is 6. The zero-order chi connectivity index (χ0) is 17.5. The number of nitrogens with zero attached hydrogens (tertiary/aromatic N) is 2. The van der Waals surface area contributed by atoms with Crippen molar-refractivity contribution in [3.05, 3.63) is 59.9 Å². The van der Waals surface area contributed by atoms with Crippen molar-refractivity contribution in [3.8, 4) is 0 Å². The first kappa shape index (κ1) is 23.2. The lowest BCUT2D eigenvalue weighted by atomic mass is 10.2. The molecule has 27 heavy (non-hydrogen) atoms. The van der Waals surface area contributed by atoms with Crippen molar-refractivity contribution in [2.24, 2.45) is 0 Å². The summed E-state index contributed by atoms with van der Waals surface area (Å²) in [6, 6.07) is 13.9. The summed E-state index contributed by atoms with van der Waals surface area (Å²) < 4.78 is 5.77. The number of anilines is 1. The van der Waals surface area contributed by atoms with Crippen molar-refractivity contribution in [3.63, 3.8) is 0 Å². The molecule has 0 saturated carbocycles. The molecule has 3 rings (SSSR count). The van der Waals surface area contributed by atoms with E-state index in [0.717, 1.165) is 19.6 Å². The van der Waals surface area contributed by atoms with Crippen molar-refractivity contribution in [1.82, 2.24) is 15.2 Å². The van der Waals surface area contributed by atoms with Crippen LogP contribution in [0.1, 0.15) is 11.3 Å². The van der Waals surface area contributed by atoms with Gasteiger partial charge in [-0.05, 0) is 17.7 Å². The Hall–Kier alpha value is -1.86. The molecule has 1 aliphatic rings.